The summed E-state index contributed by atoms with van der Waals surface area (Å²) in [6, 6.07) is 5.85. The highest BCUT2D eigenvalue weighted by Gasteiger charge is 2.19. The summed E-state index contributed by atoms with van der Waals surface area (Å²) >= 11 is 6.09. The SMILES string of the molecule is Clc1cnc2c(c1)nc(-c1ccncc1)n2CC1CCCNC1. The van der Waals surface area contributed by atoms with Gasteiger partial charge in [0.2, 0.25) is 0 Å². The molecule has 0 radical (unpaired) electrons. The topological polar surface area (TPSA) is 55.6 Å². The third kappa shape index (κ3) is 2.94. The second-order valence-electron chi connectivity index (χ2n) is 5.99. The van der Waals surface area contributed by atoms with E-state index >= 15 is 0 Å². The van der Waals surface area contributed by atoms with Crippen molar-refractivity contribution in [3.8, 4) is 11.4 Å². The number of halogens is 1. The molecular weight excluding hydrogens is 310 g/mol. The molecule has 1 fully saturated rings. The summed E-state index contributed by atoms with van der Waals surface area (Å²) in [5.74, 6) is 1.53. The van der Waals surface area contributed by atoms with Gasteiger partial charge in [-0.1, -0.05) is 11.6 Å². The Labute approximate surface area is 139 Å². The summed E-state index contributed by atoms with van der Waals surface area (Å²) in [4.78, 5) is 13.4. The van der Waals surface area contributed by atoms with Gasteiger partial charge in [-0.25, -0.2) is 9.97 Å². The first-order valence-corrected chi connectivity index (χ1v) is 8.32. The lowest BCUT2D eigenvalue weighted by molar-refractivity contribution is 0.341. The van der Waals surface area contributed by atoms with Crippen LogP contribution >= 0.6 is 11.6 Å². The van der Waals surface area contributed by atoms with E-state index in [4.69, 9.17) is 16.6 Å². The molecule has 0 aromatic carbocycles. The third-order valence-corrected chi connectivity index (χ3v) is 4.54. The smallest absolute Gasteiger partial charge is 0.160 e. The van der Waals surface area contributed by atoms with Crippen LogP contribution in [-0.4, -0.2) is 32.6 Å². The number of pyridine rings is 2. The van der Waals surface area contributed by atoms with E-state index in [1.54, 1.807) is 18.6 Å². The van der Waals surface area contributed by atoms with Gasteiger partial charge < -0.3 is 9.88 Å². The summed E-state index contributed by atoms with van der Waals surface area (Å²) in [6.45, 7) is 3.07. The van der Waals surface area contributed by atoms with Gasteiger partial charge in [-0.2, -0.15) is 0 Å². The predicted octanol–water partition coefficient (Wildman–Crippen LogP) is 3.15. The molecule has 4 rings (SSSR count). The average Bonchev–Trinajstić information content (AvgIpc) is 2.94. The number of hydrogen-bond acceptors (Lipinski definition) is 4. The first kappa shape index (κ1) is 14.6. The molecule has 3 aromatic rings. The number of nitrogens with one attached hydrogen (secondary N) is 1. The van der Waals surface area contributed by atoms with Crippen LogP contribution in [0.5, 0.6) is 0 Å². The highest BCUT2D eigenvalue weighted by molar-refractivity contribution is 6.31. The van der Waals surface area contributed by atoms with E-state index in [1.807, 2.05) is 18.2 Å². The van der Waals surface area contributed by atoms with Crippen molar-refractivity contribution in [2.24, 2.45) is 5.92 Å². The van der Waals surface area contributed by atoms with Gasteiger partial charge in [0.15, 0.2) is 5.65 Å². The normalized spacial score (nSPS) is 18.4. The predicted molar refractivity (Wildman–Crippen MR) is 91.4 cm³/mol. The summed E-state index contributed by atoms with van der Waals surface area (Å²) in [5, 5.41) is 4.09. The van der Waals surface area contributed by atoms with Crippen molar-refractivity contribution < 1.29 is 0 Å². The van der Waals surface area contributed by atoms with Crippen LogP contribution in [0.1, 0.15) is 12.8 Å². The first-order chi connectivity index (χ1) is 11.3. The molecule has 0 saturated carbocycles. The minimum Gasteiger partial charge on any atom is -0.316 e. The lowest BCUT2D eigenvalue weighted by atomic mass is 9.99. The van der Waals surface area contributed by atoms with Crippen LogP contribution in [0.15, 0.2) is 36.8 Å². The van der Waals surface area contributed by atoms with Crippen LogP contribution in [-0.2, 0) is 6.54 Å². The van der Waals surface area contributed by atoms with Crippen LogP contribution < -0.4 is 5.32 Å². The van der Waals surface area contributed by atoms with Gasteiger partial charge in [0.1, 0.15) is 11.3 Å². The van der Waals surface area contributed by atoms with Crippen LogP contribution in [0.4, 0.5) is 0 Å². The molecular formula is C17H18ClN5. The minimum absolute atomic E-state index is 0.596. The van der Waals surface area contributed by atoms with Crippen molar-refractivity contribution in [3.05, 3.63) is 41.8 Å². The summed E-state index contributed by atoms with van der Waals surface area (Å²) in [5.41, 5.74) is 2.79. The molecule has 1 saturated heterocycles. The van der Waals surface area contributed by atoms with Gasteiger partial charge in [0.05, 0.1) is 5.02 Å². The van der Waals surface area contributed by atoms with Gasteiger partial charge in [0.25, 0.3) is 0 Å². The molecule has 1 unspecified atom stereocenters. The molecule has 1 aliphatic heterocycles. The van der Waals surface area contributed by atoms with Gasteiger partial charge in [0, 0.05) is 30.7 Å². The van der Waals surface area contributed by atoms with Crippen LogP contribution in [0.25, 0.3) is 22.6 Å². The maximum Gasteiger partial charge on any atom is 0.160 e. The van der Waals surface area contributed by atoms with Crippen molar-refractivity contribution >= 4 is 22.8 Å². The lowest BCUT2D eigenvalue weighted by Gasteiger charge is -2.24. The molecule has 0 spiro atoms. The Morgan fingerprint density at radius 1 is 1.30 bits per heavy atom. The number of rotatable bonds is 3. The van der Waals surface area contributed by atoms with E-state index in [0.29, 0.717) is 10.9 Å². The summed E-state index contributed by atoms with van der Waals surface area (Å²) < 4.78 is 2.22. The molecule has 4 heterocycles. The number of piperidine rings is 1. The quantitative estimate of drug-likeness (QED) is 0.803. The molecule has 118 valence electrons. The van der Waals surface area contributed by atoms with Crippen molar-refractivity contribution in [2.75, 3.05) is 13.1 Å². The number of aromatic nitrogens is 4. The second kappa shape index (κ2) is 6.26. The maximum atomic E-state index is 6.09. The minimum atomic E-state index is 0.596. The Bertz CT molecular complexity index is 808. The van der Waals surface area contributed by atoms with E-state index < -0.39 is 0 Å². The standard InChI is InChI=1S/C17H18ClN5/c18-14-8-15-17(21-10-14)23(11-12-2-1-5-20-9-12)16(22-15)13-3-6-19-7-4-13/h3-4,6-8,10,12,20H,1-2,5,9,11H2. The number of imidazole rings is 1. The number of fused-ring (bicyclic) bond motifs is 1. The molecule has 5 nitrogen and oxygen atoms in total. The lowest BCUT2D eigenvalue weighted by Crippen LogP contribution is -2.32. The largest absolute Gasteiger partial charge is 0.316 e. The van der Waals surface area contributed by atoms with E-state index in [0.717, 1.165) is 42.2 Å². The van der Waals surface area contributed by atoms with Gasteiger partial charge in [-0.05, 0) is 50.0 Å². The van der Waals surface area contributed by atoms with E-state index in [2.05, 4.69) is 19.9 Å². The van der Waals surface area contributed by atoms with E-state index in [-0.39, 0.29) is 0 Å². The molecule has 1 aliphatic rings. The Morgan fingerprint density at radius 2 is 2.17 bits per heavy atom. The Hall–Kier alpha value is -1.98. The Morgan fingerprint density at radius 3 is 2.96 bits per heavy atom. The molecule has 0 aliphatic carbocycles. The third-order valence-electron chi connectivity index (χ3n) is 4.33. The summed E-state index contributed by atoms with van der Waals surface area (Å²) in [6.07, 6.45) is 7.73. The molecule has 1 N–H and O–H groups in total. The average molecular weight is 328 g/mol. The molecule has 0 bridgehead atoms. The van der Waals surface area contributed by atoms with Crippen LogP contribution in [0, 0.1) is 5.92 Å². The molecule has 1 atom stereocenters. The second-order valence-corrected chi connectivity index (χ2v) is 6.43. The van der Waals surface area contributed by atoms with Crippen molar-refractivity contribution in [3.63, 3.8) is 0 Å². The molecule has 6 heteroatoms. The summed E-state index contributed by atoms with van der Waals surface area (Å²) in [7, 11) is 0. The fourth-order valence-electron chi connectivity index (χ4n) is 3.22. The zero-order valence-corrected chi connectivity index (χ0v) is 13.5. The van der Waals surface area contributed by atoms with Gasteiger partial charge >= 0.3 is 0 Å². The molecule has 3 aromatic heterocycles. The van der Waals surface area contributed by atoms with Gasteiger partial charge in [-0.3, -0.25) is 4.98 Å². The van der Waals surface area contributed by atoms with Crippen molar-refractivity contribution in [1.82, 2.24) is 24.8 Å². The van der Waals surface area contributed by atoms with Crippen molar-refractivity contribution in [1.29, 1.82) is 0 Å². The van der Waals surface area contributed by atoms with Crippen LogP contribution in [0.3, 0.4) is 0 Å². The zero-order chi connectivity index (χ0) is 15.6. The first-order valence-electron chi connectivity index (χ1n) is 7.94. The Kier molecular flexibility index (Phi) is 3.97. The molecule has 0 amide bonds. The van der Waals surface area contributed by atoms with E-state index in [1.165, 1.54) is 12.8 Å². The Balaban J connectivity index is 1.81. The van der Waals surface area contributed by atoms with Gasteiger partial charge in [-0.15, -0.1) is 0 Å². The fraction of sp³-hybridized carbons (Fsp3) is 0.353. The highest BCUT2D eigenvalue weighted by Crippen LogP contribution is 2.27. The molecule has 23 heavy (non-hydrogen) atoms. The number of hydrogen-bond donors (Lipinski definition) is 1. The maximum absolute atomic E-state index is 6.09. The highest BCUT2D eigenvalue weighted by atomic mass is 35.5. The van der Waals surface area contributed by atoms with E-state index in [9.17, 15) is 0 Å². The van der Waals surface area contributed by atoms with Crippen LogP contribution in [0.2, 0.25) is 5.02 Å². The van der Waals surface area contributed by atoms with Crippen molar-refractivity contribution in [2.45, 2.75) is 19.4 Å². The fourth-order valence-corrected chi connectivity index (χ4v) is 3.37. The zero-order valence-electron chi connectivity index (χ0n) is 12.7. The number of nitrogens with zero attached hydrogens (tertiary/aromatic N) is 4. The monoisotopic (exact) mass is 327 g/mol.